The van der Waals surface area contributed by atoms with E-state index in [1.807, 2.05) is 18.4 Å². The fourth-order valence-electron chi connectivity index (χ4n) is 3.23. The first-order chi connectivity index (χ1) is 12.6. The van der Waals surface area contributed by atoms with Gasteiger partial charge in [0.05, 0.1) is 11.1 Å². The summed E-state index contributed by atoms with van der Waals surface area (Å²) in [6.45, 7) is 3.86. The monoisotopic (exact) mass is 379 g/mol. The van der Waals surface area contributed by atoms with E-state index >= 15 is 0 Å². The van der Waals surface area contributed by atoms with E-state index in [1.165, 1.54) is 12.1 Å². The van der Waals surface area contributed by atoms with Crippen LogP contribution in [-0.2, 0) is 12.6 Å². The lowest BCUT2D eigenvalue weighted by Gasteiger charge is -2.16. The molecule has 1 aromatic heterocycles. The number of fused-ring (bicyclic) bond motifs is 1. The van der Waals surface area contributed by atoms with Crippen molar-refractivity contribution in [2.24, 2.45) is 0 Å². The van der Waals surface area contributed by atoms with Crippen molar-refractivity contribution < 1.29 is 27.5 Å². The Morgan fingerprint density at radius 1 is 1.11 bits per heavy atom. The Morgan fingerprint density at radius 2 is 1.81 bits per heavy atom. The quantitative estimate of drug-likeness (QED) is 0.594. The second-order valence-electron chi connectivity index (χ2n) is 6.66. The molecule has 0 aliphatic heterocycles. The summed E-state index contributed by atoms with van der Waals surface area (Å²) in [5, 5.41) is 9.83. The Balaban J connectivity index is 2.06. The van der Waals surface area contributed by atoms with Gasteiger partial charge >= 0.3 is 12.1 Å². The normalized spacial score (nSPS) is 12.1. The van der Waals surface area contributed by atoms with Gasteiger partial charge in [-0.05, 0) is 55.8 Å². The number of rotatable bonds is 4. The Bertz CT molecular complexity index is 1020. The summed E-state index contributed by atoms with van der Waals surface area (Å²) in [6, 6.07) is 8.97. The number of carbonyl (C=O) groups is 1. The number of hydrogen-bond donors (Lipinski definition) is 1. The third-order valence-electron chi connectivity index (χ3n) is 4.43. The molecular weight excluding hydrogens is 362 g/mol. The third-order valence-corrected chi connectivity index (χ3v) is 4.43. The predicted octanol–water partition coefficient (Wildman–Crippen LogP) is 5.67. The van der Waals surface area contributed by atoms with Gasteiger partial charge in [-0.25, -0.2) is 9.18 Å². The maximum absolute atomic E-state index is 14.2. The molecule has 0 bridgehead atoms. The van der Waals surface area contributed by atoms with Crippen LogP contribution in [0.1, 0.15) is 47.1 Å². The minimum absolute atomic E-state index is 0.00527. The molecule has 0 atom stereocenters. The summed E-state index contributed by atoms with van der Waals surface area (Å²) in [7, 11) is 0. The fourth-order valence-corrected chi connectivity index (χ4v) is 3.23. The van der Waals surface area contributed by atoms with E-state index in [9.17, 15) is 22.4 Å². The highest BCUT2D eigenvalue weighted by atomic mass is 19.4. The Kier molecular flexibility index (Phi) is 4.71. The number of nitrogens with zero attached hydrogens (tertiary/aromatic N) is 1. The van der Waals surface area contributed by atoms with Crippen LogP contribution in [0.5, 0.6) is 0 Å². The molecule has 0 saturated carbocycles. The molecular formula is C20H17F4NO2. The summed E-state index contributed by atoms with van der Waals surface area (Å²) >= 11 is 0. The lowest BCUT2D eigenvalue weighted by molar-refractivity contribution is -0.137. The van der Waals surface area contributed by atoms with E-state index in [0.29, 0.717) is 17.1 Å². The topological polar surface area (TPSA) is 42.2 Å². The largest absolute Gasteiger partial charge is 0.478 e. The molecule has 0 amide bonds. The third kappa shape index (κ3) is 3.67. The van der Waals surface area contributed by atoms with Crippen molar-refractivity contribution in [3.8, 4) is 0 Å². The van der Waals surface area contributed by atoms with Crippen LogP contribution in [0.3, 0.4) is 0 Å². The molecule has 3 nitrogen and oxygen atoms in total. The van der Waals surface area contributed by atoms with Gasteiger partial charge in [-0.15, -0.1) is 0 Å². The van der Waals surface area contributed by atoms with Crippen LogP contribution in [0.2, 0.25) is 0 Å². The zero-order valence-corrected chi connectivity index (χ0v) is 14.6. The number of benzene rings is 2. The first kappa shape index (κ1) is 18.9. The molecule has 3 rings (SSSR count). The van der Waals surface area contributed by atoms with Gasteiger partial charge in [0.15, 0.2) is 0 Å². The van der Waals surface area contributed by atoms with Crippen molar-refractivity contribution >= 4 is 16.9 Å². The first-order valence-electron chi connectivity index (χ1n) is 8.30. The highest BCUT2D eigenvalue weighted by Gasteiger charge is 2.31. The molecule has 1 N–H and O–H groups in total. The molecule has 142 valence electrons. The molecule has 0 spiro atoms. The van der Waals surface area contributed by atoms with Gasteiger partial charge in [0.25, 0.3) is 0 Å². The zero-order chi connectivity index (χ0) is 19.9. The van der Waals surface area contributed by atoms with Crippen LogP contribution in [-0.4, -0.2) is 15.6 Å². The summed E-state index contributed by atoms with van der Waals surface area (Å²) in [6.07, 6.45) is -4.50. The lowest BCUT2D eigenvalue weighted by atomic mass is 10.1. The van der Waals surface area contributed by atoms with E-state index in [4.69, 9.17) is 5.11 Å². The SMILES string of the molecule is CC(C)n1c(Cc2ccc(C(F)(F)F)cc2F)cc2cc(C(=O)O)ccc21. The van der Waals surface area contributed by atoms with Gasteiger partial charge in [0, 0.05) is 29.1 Å². The van der Waals surface area contributed by atoms with Crippen LogP contribution in [0.25, 0.3) is 10.9 Å². The van der Waals surface area contributed by atoms with E-state index < -0.39 is 23.5 Å². The Hall–Kier alpha value is -2.83. The van der Waals surface area contributed by atoms with Crippen LogP contribution >= 0.6 is 0 Å². The van der Waals surface area contributed by atoms with Crippen LogP contribution < -0.4 is 0 Å². The number of carboxylic acid groups (broad SMARTS) is 1. The molecule has 0 unspecified atom stereocenters. The van der Waals surface area contributed by atoms with Crippen molar-refractivity contribution in [1.29, 1.82) is 0 Å². The number of hydrogen-bond acceptors (Lipinski definition) is 1. The second kappa shape index (κ2) is 6.72. The predicted molar refractivity (Wildman–Crippen MR) is 93.5 cm³/mol. The average molecular weight is 379 g/mol. The summed E-state index contributed by atoms with van der Waals surface area (Å²) in [5.74, 6) is -1.97. The van der Waals surface area contributed by atoms with Crippen LogP contribution in [0.4, 0.5) is 17.6 Å². The molecule has 0 radical (unpaired) electrons. The van der Waals surface area contributed by atoms with Crippen molar-refractivity contribution in [1.82, 2.24) is 4.57 Å². The number of aromatic carboxylic acids is 1. The highest BCUT2D eigenvalue weighted by molar-refractivity contribution is 5.94. The summed E-state index contributed by atoms with van der Waals surface area (Å²) in [4.78, 5) is 11.2. The minimum Gasteiger partial charge on any atom is -0.478 e. The van der Waals surface area contributed by atoms with Crippen molar-refractivity contribution in [2.75, 3.05) is 0 Å². The Morgan fingerprint density at radius 3 is 2.37 bits per heavy atom. The number of aromatic nitrogens is 1. The van der Waals surface area contributed by atoms with Crippen molar-refractivity contribution in [3.63, 3.8) is 0 Å². The van der Waals surface area contributed by atoms with E-state index in [-0.39, 0.29) is 23.6 Å². The smallest absolute Gasteiger partial charge is 0.416 e. The standard InChI is InChI=1S/C20H17F4NO2/c1-11(2)25-16(9-14-7-13(19(26)27)4-6-18(14)25)8-12-3-5-15(10-17(12)21)20(22,23)24/h3-7,9-11H,8H2,1-2H3,(H,26,27). The molecule has 3 aromatic rings. The number of halogens is 4. The van der Waals surface area contributed by atoms with E-state index in [0.717, 1.165) is 17.6 Å². The molecule has 0 aliphatic rings. The van der Waals surface area contributed by atoms with Gasteiger partial charge in [-0.1, -0.05) is 6.07 Å². The second-order valence-corrected chi connectivity index (χ2v) is 6.66. The number of carboxylic acids is 1. The van der Waals surface area contributed by atoms with Gasteiger partial charge in [-0.2, -0.15) is 13.2 Å². The maximum Gasteiger partial charge on any atom is 0.416 e. The van der Waals surface area contributed by atoms with Crippen LogP contribution in [0, 0.1) is 5.82 Å². The van der Waals surface area contributed by atoms with Crippen LogP contribution in [0.15, 0.2) is 42.5 Å². The van der Waals surface area contributed by atoms with E-state index in [2.05, 4.69) is 0 Å². The highest BCUT2D eigenvalue weighted by Crippen LogP contribution is 2.32. The van der Waals surface area contributed by atoms with Crippen molar-refractivity contribution in [2.45, 2.75) is 32.5 Å². The minimum atomic E-state index is -4.60. The van der Waals surface area contributed by atoms with E-state index in [1.54, 1.807) is 12.1 Å². The molecule has 2 aromatic carbocycles. The van der Waals surface area contributed by atoms with Crippen molar-refractivity contribution in [3.05, 3.63) is 70.7 Å². The average Bonchev–Trinajstić information content (AvgIpc) is 2.92. The maximum atomic E-state index is 14.2. The summed E-state index contributed by atoms with van der Waals surface area (Å²) < 4.78 is 54.3. The lowest BCUT2D eigenvalue weighted by Crippen LogP contribution is -2.09. The number of alkyl halides is 3. The Labute approximate surface area is 152 Å². The van der Waals surface area contributed by atoms with Gasteiger partial charge in [0.2, 0.25) is 0 Å². The van der Waals surface area contributed by atoms with Gasteiger partial charge < -0.3 is 9.67 Å². The molecule has 7 heteroatoms. The van der Waals surface area contributed by atoms with Gasteiger partial charge in [-0.3, -0.25) is 0 Å². The first-order valence-corrected chi connectivity index (χ1v) is 8.30. The zero-order valence-electron chi connectivity index (χ0n) is 14.6. The molecule has 27 heavy (non-hydrogen) atoms. The summed E-state index contributed by atoms with van der Waals surface area (Å²) in [5.41, 5.74) is 0.736. The molecule has 1 heterocycles. The molecule has 0 saturated heterocycles. The van der Waals surface area contributed by atoms with Gasteiger partial charge in [0.1, 0.15) is 5.82 Å². The molecule has 0 fully saturated rings. The molecule has 0 aliphatic carbocycles. The fraction of sp³-hybridized carbons (Fsp3) is 0.250.